The lowest BCUT2D eigenvalue weighted by Gasteiger charge is -2.09. The lowest BCUT2D eigenvalue weighted by Crippen LogP contribution is -1.95. The second kappa shape index (κ2) is 7.90. The van der Waals surface area contributed by atoms with Crippen molar-refractivity contribution in [3.05, 3.63) is 106 Å². The van der Waals surface area contributed by atoms with Gasteiger partial charge >= 0.3 is 0 Å². The van der Waals surface area contributed by atoms with Crippen LogP contribution in [0.1, 0.15) is 28.4 Å². The topological polar surface area (TPSA) is 18.5 Å². The first-order valence-electron chi connectivity index (χ1n) is 8.63. The Morgan fingerprint density at radius 1 is 1.00 bits per heavy atom. The average molecular weight is 407 g/mol. The molecular formula is C23H19BrO2. The van der Waals surface area contributed by atoms with E-state index in [1.807, 2.05) is 36.4 Å². The minimum Gasteiger partial charge on any atom is -0.489 e. The highest BCUT2D eigenvalue weighted by molar-refractivity contribution is 9.10. The quantitative estimate of drug-likeness (QED) is 0.493. The van der Waals surface area contributed by atoms with Gasteiger partial charge in [0.2, 0.25) is 0 Å². The Kier molecular flexibility index (Phi) is 5.19. The maximum absolute atomic E-state index is 5.93. The molecule has 130 valence electrons. The van der Waals surface area contributed by atoms with Crippen LogP contribution in [0.4, 0.5) is 0 Å². The number of rotatable bonds is 5. The molecule has 0 saturated heterocycles. The van der Waals surface area contributed by atoms with E-state index in [1.54, 1.807) is 0 Å². The molecule has 0 aliphatic carbocycles. The molecule has 3 aromatic rings. The van der Waals surface area contributed by atoms with E-state index in [0.29, 0.717) is 13.2 Å². The van der Waals surface area contributed by atoms with E-state index in [2.05, 4.69) is 64.5 Å². The highest BCUT2D eigenvalue weighted by atomic mass is 79.9. The van der Waals surface area contributed by atoms with Crippen LogP contribution >= 0.6 is 15.9 Å². The molecule has 1 aliphatic heterocycles. The zero-order valence-corrected chi connectivity index (χ0v) is 15.9. The van der Waals surface area contributed by atoms with Gasteiger partial charge in [0, 0.05) is 4.47 Å². The maximum atomic E-state index is 5.93. The number of benzene rings is 3. The molecule has 26 heavy (non-hydrogen) atoms. The van der Waals surface area contributed by atoms with Gasteiger partial charge in [-0.3, -0.25) is 0 Å². The molecule has 1 heterocycles. The average Bonchev–Trinajstić information content (AvgIpc) is 3.10. The van der Waals surface area contributed by atoms with Gasteiger partial charge in [-0.2, -0.15) is 0 Å². The number of ether oxygens (including phenoxy) is 2. The van der Waals surface area contributed by atoms with Gasteiger partial charge in [-0.25, -0.2) is 0 Å². The summed E-state index contributed by atoms with van der Waals surface area (Å²) in [5, 5.41) is 0. The molecular weight excluding hydrogens is 388 g/mol. The normalized spacial score (nSPS) is 16.0. The van der Waals surface area contributed by atoms with Crippen LogP contribution in [0.3, 0.4) is 0 Å². The molecule has 1 atom stereocenters. The molecule has 0 spiro atoms. The standard InChI is InChI=1S/C23H19BrO2/c24-22-12-11-20(25-15-17-6-2-1-3-7-17)14-18(22)10-13-23-21-9-5-4-8-19(21)16-26-23/h1-14,23H,15-16H2/b13-10+. The second-order valence-corrected chi connectivity index (χ2v) is 7.10. The van der Waals surface area contributed by atoms with Crippen molar-refractivity contribution in [3.8, 4) is 5.75 Å². The number of fused-ring (bicyclic) bond motifs is 1. The van der Waals surface area contributed by atoms with Crippen molar-refractivity contribution in [3.63, 3.8) is 0 Å². The first kappa shape index (κ1) is 17.1. The van der Waals surface area contributed by atoms with Crippen molar-refractivity contribution in [1.29, 1.82) is 0 Å². The SMILES string of the molecule is Brc1ccc(OCc2ccccc2)cc1/C=C/C1OCc2ccccc21. The van der Waals surface area contributed by atoms with Crippen molar-refractivity contribution in [2.24, 2.45) is 0 Å². The van der Waals surface area contributed by atoms with Crippen LogP contribution in [0.25, 0.3) is 6.08 Å². The highest BCUT2D eigenvalue weighted by Gasteiger charge is 2.19. The van der Waals surface area contributed by atoms with E-state index in [9.17, 15) is 0 Å². The van der Waals surface area contributed by atoms with E-state index in [-0.39, 0.29) is 6.10 Å². The number of hydrogen-bond donors (Lipinski definition) is 0. The van der Waals surface area contributed by atoms with Crippen LogP contribution in [0.15, 0.2) is 83.3 Å². The fourth-order valence-corrected chi connectivity index (χ4v) is 3.42. The van der Waals surface area contributed by atoms with Crippen molar-refractivity contribution in [2.75, 3.05) is 0 Å². The molecule has 0 aromatic heterocycles. The lowest BCUT2D eigenvalue weighted by atomic mass is 10.0. The van der Waals surface area contributed by atoms with Gasteiger partial charge in [-0.15, -0.1) is 0 Å². The monoisotopic (exact) mass is 406 g/mol. The van der Waals surface area contributed by atoms with Crippen LogP contribution in [0.2, 0.25) is 0 Å². The third kappa shape index (κ3) is 3.90. The fourth-order valence-electron chi connectivity index (χ4n) is 3.04. The first-order valence-corrected chi connectivity index (χ1v) is 9.43. The van der Waals surface area contributed by atoms with Crippen LogP contribution in [-0.2, 0) is 18.0 Å². The Morgan fingerprint density at radius 2 is 1.81 bits per heavy atom. The largest absolute Gasteiger partial charge is 0.489 e. The predicted molar refractivity (Wildman–Crippen MR) is 108 cm³/mol. The summed E-state index contributed by atoms with van der Waals surface area (Å²) in [6.07, 6.45) is 4.20. The zero-order chi connectivity index (χ0) is 17.8. The molecule has 0 saturated carbocycles. The highest BCUT2D eigenvalue weighted by Crippen LogP contribution is 2.33. The van der Waals surface area contributed by atoms with Gasteiger partial charge in [0.1, 0.15) is 18.5 Å². The molecule has 0 N–H and O–H groups in total. The second-order valence-electron chi connectivity index (χ2n) is 6.25. The van der Waals surface area contributed by atoms with Crippen LogP contribution in [0.5, 0.6) is 5.75 Å². The summed E-state index contributed by atoms with van der Waals surface area (Å²) in [4.78, 5) is 0. The Labute approximate surface area is 162 Å². The molecule has 2 nitrogen and oxygen atoms in total. The summed E-state index contributed by atoms with van der Waals surface area (Å²) >= 11 is 3.62. The van der Waals surface area contributed by atoms with Crippen molar-refractivity contribution in [1.82, 2.24) is 0 Å². The molecule has 0 bridgehead atoms. The third-order valence-corrected chi connectivity index (χ3v) is 5.17. The Bertz CT molecular complexity index is 919. The Balaban J connectivity index is 1.48. The van der Waals surface area contributed by atoms with Gasteiger partial charge in [0.25, 0.3) is 0 Å². The van der Waals surface area contributed by atoms with Gasteiger partial charge in [0.05, 0.1) is 6.61 Å². The molecule has 0 fully saturated rings. The Morgan fingerprint density at radius 3 is 2.69 bits per heavy atom. The van der Waals surface area contributed by atoms with Crippen molar-refractivity contribution in [2.45, 2.75) is 19.3 Å². The summed E-state index contributed by atoms with van der Waals surface area (Å²) in [5.41, 5.74) is 4.74. The third-order valence-electron chi connectivity index (χ3n) is 4.45. The van der Waals surface area contributed by atoms with Crippen LogP contribution < -0.4 is 4.74 Å². The molecule has 1 aliphatic rings. The first-order chi connectivity index (χ1) is 12.8. The number of halogens is 1. The molecule has 0 amide bonds. The van der Waals surface area contributed by atoms with E-state index in [4.69, 9.17) is 9.47 Å². The van der Waals surface area contributed by atoms with Crippen LogP contribution in [-0.4, -0.2) is 0 Å². The van der Waals surface area contributed by atoms with Crippen LogP contribution in [0, 0.1) is 0 Å². The van der Waals surface area contributed by atoms with E-state index in [1.165, 1.54) is 11.1 Å². The fraction of sp³-hybridized carbons (Fsp3) is 0.130. The summed E-state index contributed by atoms with van der Waals surface area (Å²) in [6.45, 7) is 1.23. The lowest BCUT2D eigenvalue weighted by molar-refractivity contribution is 0.0996. The summed E-state index contributed by atoms with van der Waals surface area (Å²) < 4.78 is 12.9. The minimum atomic E-state index is 0.00648. The van der Waals surface area contributed by atoms with Crippen molar-refractivity contribution < 1.29 is 9.47 Å². The smallest absolute Gasteiger partial charge is 0.120 e. The summed E-state index contributed by atoms with van der Waals surface area (Å²) in [7, 11) is 0. The minimum absolute atomic E-state index is 0.00648. The summed E-state index contributed by atoms with van der Waals surface area (Å²) in [6, 6.07) is 24.6. The molecule has 0 radical (unpaired) electrons. The van der Waals surface area contributed by atoms with Gasteiger partial charge in [-0.1, -0.05) is 82.7 Å². The number of hydrogen-bond acceptors (Lipinski definition) is 2. The molecule has 3 heteroatoms. The summed E-state index contributed by atoms with van der Waals surface area (Å²) in [5.74, 6) is 0.851. The Hall–Kier alpha value is -2.36. The molecule has 1 unspecified atom stereocenters. The molecule has 3 aromatic carbocycles. The van der Waals surface area contributed by atoms with E-state index in [0.717, 1.165) is 21.3 Å². The molecule has 4 rings (SSSR count). The van der Waals surface area contributed by atoms with Crippen molar-refractivity contribution >= 4 is 22.0 Å². The predicted octanol–water partition coefficient (Wildman–Crippen LogP) is 6.31. The van der Waals surface area contributed by atoms with Gasteiger partial charge < -0.3 is 9.47 Å². The van der Waals surface area contributed by atoms with E-state index >= 15 is 0 Å². The van der Waals surface area contributed by atoms with Gasteiger partial charge in [-0.05, 0) is 40.5 Å². The zero-order valence-electron chi connectivity index (χ0n) is 14.3. The van der Waals surface area contributed by atoms with E-state index < -0.39 is 0 Å². The maximum Gasteiger partial charge on any atom is 0.120 e. The van der Waals surface area contributed by atoms with Gasteiger partial charge in [0.15, 0.2) is 0 Å².